The van der Waals surface area contributed by atoms with E-state index < -0.39 is 6.10 Å². The molecule has 1 aliphatic rings. The Morgan fingerprint density at radius 1 is 1.09 bits per heavy atom. The maximum Gasteiger partial charge on any atom is 0.254 e. The van der Waals surface area contributed by atoms with Crippen LogP contribution in [0.15, 0.2) is 48.9 Å². The molecule has 1 N–H and O–H groups in total. The average molecular weight is 444 g/mol. The molecule has 4 aromatic rings. The van der Waals surface area contributed by atoms with Gasteiger partial charge in [0.25, 0.3) is 11.9 Å². The lowest BCUT2D eigenvalue weighted by molar-refractivity contribution is 0.0303. The number of rotatable bonds is 4. The minimum absolute atomic E-state index is 0.0617. The predicted molar refractivity (Wildman–Crippen MR) is 122 cm³/mol. The summed E-state index contributed by atoms with van der Waals surface area (Å²) in [5, 5.41) is 15.6. The van der Waals surface area contributed by atoms with Gasteiger partial charge in [0.05, 0.1) is 36.2 Å². The number of carbonyl (C=O) groups is 1. The zero-order valence-corrected chi connectivity index (χ0v) is 18.5. The monoisotopic (exact) mass is 444 g/mol. The van der Waals surface area contributed by atoms with Crippen molar-refractivity contribution >= 4 is 16.8 Å². The molecule has 0 aliphatic carbocycles. The van der Waals surface area contributed by atoms with Gasteiger partial charge in [-0.2, -0.15) is 9.78 Å². The number of ether oxygens (including phenoxy) is 1. The fourth-order valence-electron chi connectivity index (χ4n) is 3.94. The van der Waals surface area contributed by atoms with Crippen molar-refractivity contribution < 1.29 is 14.6 Å². The van der Waals surface area contributed by atoms with Crippen LogP contribution < -0.4 is 0 Å². The molecule has 1 atom stereocenters. The summed E-state index contributed by atoms with van der Waals surface area (Å²) in [6, 6.07) is 9.27. The second kappa shape index (κ2) is 8.68. The Balaban J connectivity index is 1.56. The Morgan fingerprint density at radius 2 is 1.85 bits per heavy atom. The molecule has 168 valence electrons. The minimum atomic E-state index is -0.787. The van der Waals surface area contributed by atoms with Gasteiger partial charge in [-0.25, -0.2) is 9.97 Å². The van der Waals surface area contributed by atoms with Gasteiger partial charge in [-0.1, -0.05) is 6.07 Å². The first kappa shape index (κ1) is 21.2. The van der Waals surface area contributed by atoms with E-state index in [0.717, 1.165) is 22.2 Å². The van der Waals surface area contributed by atoms with Crippen LogP contribution in [0.25, 0.3) is 28.1 Å². The van der Waals surface area contributed by atoms with Gasteiger partial charge < -0.3 is 14.7 Å². The van der Waals surface area contributed by atoms with Gasteiger partial charge in [-0.05, 0) is 43.7 Å². The second-order valence-electron chi connectivity index (χ2n) is 8.10. The fourth-order valence-corrected chi connectivity index (χ4v) is 3.94. The third kappa shape index (κ3) is 4.08. The predicted octanol–water partition coefficient (Wildman–Crippen LogP) is 2.71. The average Bonchev–Trinajstić information content (AvgIpc) is 3.23. The summed E-state index contributed by atoms with van der Waals surface area (Å²) in [7, 11) is 0. The maximum atomic E-state index is 13.0. The molecule has 1 unspecified atom stereocenters. The number of pyridine rings is 1. The van der Waals surface area contributed by atoms with Crippen LogP contribution in [-0.2, 0) is 4.74 Å². The smallest absolute Gasteiger partial charge is 0.254 e. The van der Waals surface area contributed by atoms with Gasteiger partial charge in [-0.3, -0.25) is 9.78 Å². The summed E-state index contributed by atoms with van der Waals surface area (Å²) in [5.41, 5.74) is 4.38. The van der Waals surface area contributed by atoms with Crippen LogP contribution in [0.4, 0.5) is 0 Å². The summed E-state index contributed by atoms with van der Waals surface area (Å²) >= 11 is 0. The van der Waals surface area contributed by atoms with Gasteiger partial charge in [-0.15, -0.1) is 0 Å². The lowest BCUT2D eigenvalue weighted by Crippen LogP contribution is -2.40. The van der Waals surface area contributed by atoms with Crippen molar-refractivity contribution in [2.75, 3.05) is 26.3 Å². The van der Waals surface area contributed by atoms with E-state index in [-0.39, 0.29) is 5.91 Å². The first-order valence-electron chi connectivity index (χ1n) is 10.8. The number of aromatic nitrogens is 5. The van der Waals surface area contributed by atoms with Crippen LogP contribution in [-0.4, -0.2) is 66.9 Å². The summed E-state index contributed by atoms with van der Waals surface area (Å²) in [5.74, 6) is 0.285. The highest BCUT2D eigenvalue weighted by Gasteiger charge is 2.22. The summed E-state index contributed by atoms with van der Waals surface area (Å²) in [6.45, 7) is 5.86. The Labute approximate surface area is 190 Å². The van der Waals surface area contributed by atoms with E-state index in [0.29, 0.717) is 49.0 Å². The molecule has 9 nitrogen and oxygen atoms in total. The molecule has 5 rings (SSSR count). The third-order valence-electron chi connectivity index (χ3n) is 5.69. The molecule has 0 saturated carbocycles. The van der Waals surface area contributed by atoms with Gasteiger partial charge in [0.15, 0.2) is 0 Å². The van der Waals surface area contributed by atoms with Crippen molar-refractivity contribution in [2.45, 2.75) is 20.0 Å². The molecule has 1 amide bonds. The van der Waals surface area contributed by atoms with Crippen LogP contribution in [0.1, 0.15) is 34.6 Å². The van der Waals surface area contributed by atoms with Crippen molar-refractivity contribution in [3.05, 3.63) is 65.7 Å². The van der Waals surface area contributed by atoms with Crippen LogP contribution in [0.3, 0.4) is 0 Å². The van der Waals surface area contributed by atoms with Gasteiger partial charge in [0, 0.05) is 48.2 Å². The van der Waals surface area contributed by atoms with E-state index in [1.54, 1.807) is 47.2 Å². The first-order chi connectivity index (χ1) is 16.0. The molecular weight excluding hydrogens is 420 g/mol. The number of aliphatic hydroxyl groups is 1. The quantitative estimate of drug-likeness (QED) is 0.516. The zero-order valence-electron chi connectivity index (χ0n) is 18.5. The summed E-state index contributed by atoms with van der Waals surface area (Å²) < 4.78 is 6.92. The number of fused-ring (bicyclic) bond motifs is 1. The number of amides is 1. The summed E-state index contributed by atoms with van der Waals surface area (Å²) in [6.07, 6.45) is 4.36. The molecule has 9 heteroatoms. The number of hydrogen-bond donors (Lipinski definition) is 1. The van der Waals surface area contributed by atoms with Crippen molar-refractivity contribution in [3.63, 3.8) is 0 Å². The Kier molecular flexibility index (Phi) is 5.57. The second-order valence-corrected chi connectivity index (χ2v) is 8.10. The van der Waals surface area contributed by atoms with Crippen molar-refractivity contribution in [2.24, 2.45) is 0 Å². The number of aryl methyl sites for hydroxylation is 1. The minimum Gasteiger partial charge on any atom is -0.387 e. The van der Waals surface area contributed by atoms with Crippen LogP contribution in [0, 0.1) is 6.92 Å². The molecule has 4 heterocycles. The standard InChI is InChI=1S/C24H24N6O3/c1-15-5-6-25-20(11-15)18-13-26-24(27-14-18)30-21-12-17(23(32)29-7-9-33-10-8-29)3-4-19(21)22(28-30)16(2)31/h3-6,11-14,16,31H,7-10H2,1-2H3. The van der Waals surface area contributed by atoms with Gasteiger partial charge in [0.1, 0.15) is 0 Å². The number of morpholine rings is 1. The van der Waals surface area contributed by atoms with E-state index in [1.807, 2.05) is 25.1 Å². The molecule has 1 fully saturated rings. The highest BCUT2D eigenvalue weighted by atomic mass is 16.5. The number of hydrogen-bond acceptors (Lipinski definition) is 7. The fraction of sp³-hybridized carbons (Fsp3) is 0.292. The molecule has 1 saturated heterocycles. The molecule has 0 spiro atoms. The van der Waals surface area contributed by atoms with Crippen molar-refractivity contribution in [1.29, 1.82) is 0 Å². The van der Waals surface area contributed by atoms with Gasteiger partial charge >= 0.3 is 0 Å². The lowest BCUT2D eigenvalue weighted by Gasteiger charge is -2.26. The SMILES string of the molecule is Cc1ccnc(-c2cnc(-n3nc(C(C)O)c4ccc(C(=O)N5CCOCC5)cc43)nc2)c1. The van der Waals surface area contributed by atoms with Crippen molar-refractivity contribution in [3.8, 4) is 17.2 Å². The van der Waals surface area contributed by atoms with E-state index in [1.165, 1.54) is 0 Å². The highest BCUT2D eigenvalue weighted by molar-refractivity contribution is 5.98. The maximum absolute atomic E-state index is 13.0. The Morgan fingerprint density at radius 3 is 2.55 bits per heavy atom. The largest absolute Gasteiger partial charge is 0.387 e. The van der Waals surface area contributed by atoms with E-state index in [4.69, 9.17) is 4.74 Å². The zero-order chi connectivity index (χ0) is 22.9. The molecular formula is C24H24N6O3. The van der Waals surface area contributed by atoms with Crippen LogP contribution in [0.2, 0.25) is 0 Å². The number of benzene rings is 1. The third-order valence-corrected chi connectivity index (χ3v) is 5.69. The molecule has 0 radical (unpaired) electrons. The number of carbonyl (C=O) groups excluding carboxylic acids is 1. The van der Waals surface area contributed by atoms with Crippen LogP contribution in [0.5, 0.6) is 0 Å². The molecule has 0 bridgehead atoms. The Hall–Kier alpha value is -3.69. The van der Waals surface area contributed by atoms with E-state index in [2.05, 4.69) is 20.1 Å². The first-order valence-corrected chi connectivity index (χ1v) is 10.8. The normalized spacial score (nSPS) is 15.1. The van der Waals surface area contributed by atoms with Gasteiger partial charge in [0.2, 0.25) is 0 Å². The molecule has 1 aromatic carbocycles. The molecule has 33 heavy (non-hydrogen) atoms. The number of nitrogens with zero attached hydrogens (tertiary/aromatic N) is 6. The number of aliphatic hydroxyl groups excluding tert-OH is 1. The van der Waals surface area contributed by atoms with E-state index in [9.17, 15) is 9.90 Å². The lowest BCUT2D eigenvalue weighted by atomic mass is 10.1. The summed E-state index contributed by atoms with van der Waals surface area (Å²) in [4.78, 5) is 28.2. The highest BCUT2D eigenvalue weighted by Crippen LogP contribution is 2.27. The topological polar surface area (TPSA) is 106 Å². The van der Waals surface area contributed by atoms with Crippen LogP contribution >= 0.6 is 0 Å². The van der Waals surface area contributed by atoms with Crippen molar-refractivity contribution in [1.82, 2.24) is 29.6 Å². The molecule has 1 aliphatic heterocycles. The van der Waals surface area contributed by atoms with E-state index >= 15 is 0 Å². The Bertz CT molecular complexity index is 1310. The molecule has 3 aromatic heterocycles.